The topological polar surface area (TPSA) is 83.7 Å². The Balaban J connectivity index is 2.25. The molecule has 2 rings (SSSR count). The lowest BCUT2D eigenvalue weighted by Crippen LogP contribution is -2.39. The van der Waals surface area contributed by atoms with E-state index in [0.29, 0.717) is 12.2 Å². The molecule has 6 heteroatoms. The van der Waals surface area contributed by atoms with Gasteiger partial charge in [-0.15, -0.1) is 0 Å². The lowest BCUT2D eigenvalue weighted by atomic mass is 10.0. The minimum Gasteiger partial charge on any atom is -0.388 e. The van der Waals surface area contributed by atoms with Crippen LogP contribution in [-0.4, -0.2) is 35.0 Å². The molecule has 0 heterocycles. The van der Waals surface area contributed by atoms with Gasteiger partial charge >= 0.3 is 0 Å². The minimum atomic E-state index is -0.701. The Bertz CT molecular complexity index is 565. The SMILES string of the molecule is CC(=O)c1cc(N(C)CC2(O)CCCC2)ccc1[N+](=O)[O-]. The first-order chi connectivity index (χ1) is 9.82. The monoisotopic (exact) mass is 292 g/mol. The summed E-state index contributed by atoms with van der Waals surface area (Å²) in [5, 5.41) is 21.4. The van der Waals surface area contributed by atoms with Gasteiger partial charge in [0.1, 0.15) is 0 Å². The molecule has 0 aliphatic heterocycles. The number of likely N-dealkylation sites (N-methyl/N-ethyl adjacent to an activating group) is 1. The molecule has 1 N–H and O–H groups in total. The van der Waals surface area contributed by atoms with Gasteiger partial charge in [-0.1, -0.05) is 12.8 Å². The summed E-state index contributed by atoms with van der Waals surface area (Å²) in [6.07, 6.45) is 3.57. The first-order valence-corrected chi connectivity index (χ1v) is 7.05. The Morgan fingerprint density at radius 1 is 1.43 bits per heavy atom. The van der Waals surface area contributed by atoms with Gasteiger partial charge in [0.25, 0.3) is 5.69 Å². The molecule has 0 bridgehead atoms. The first kappa shape index (κ1) is 15.4. The number of Topliss-reactive ketones (excluding diaryl/α,β-unsaturated/α-hetero) is 1. The molecule has 0 atom stereocenters. The summed E-state index contributed by atoms with van der Waals surface area (Å²) >= 11 is 0. The fourth-order valence-electron chi connectivity index (χ4n) is 2.93. The summed E-state index contributed by atoms with van der Waals surface area (Å²) in [6.45, 7) is 1.78. The maximum Gasteiger partial charge on any atom is 0.280 e. The van der Waals surface area contributed by atoms with E-state index in [2.05, 4.69) is 0 Å². The van der Waals surface area contributed by atoms with Gasteiger partial charge in [-0.2, -0.15) is 0 Å². The number of nitro groups is 1. The molecular formula is C15H20N2O4. The maximum absolute atomic E-state index is 11.6. The second kappa shape index (κ2) is 5.81. The second-order valence-corrected chi connectivity index (χ2v) is 5.80. The van der Waals surface area contributed by atoms with Crippen LogP contribution in [0.2, 0.25) is 0 Å². The Hall–Kier alpha value is -1.95. The first-order valence-electron chi connectivity index (χ1n) is 7.05. The third-order valence-electron chi connectivity index (χ3n) is 4.06. The van der Waals surface area contributed by atoms with E-state index in [9.17, 15) is 20.0 Å². The van der Waals surface area contributed by atoms with Crippen LogP contribution < -0.4 is 4.90 Å². The molecule has 114 valence electrons. The highest BCUT2D eigenvalue weighted by atomic mass is 16.6. The van der Waals surface area contributed by atoms with Crippen molar-refractivity contribution in [1.82, 2.24) is 0 Å². The number of hydrogen-bond donors (Lipinski definition) is 1. The average molecular weight is 292 g/mol. The number of rotatable bonds is 5. The zero-order valence-electron chi connectivity index (χ0n) is 12.3. The summed E-state index contributed by atoms with van der Waals surface area (Å²) in [6, 6.07) is 4.49. The van der Waals surface area contributed by atoms with Crippen molar-refractivity contribution in [1.29, 1.82) is 0 Å². The van der Waals surface area contributed by atoms with Crippen LogP contribution in [0.1, 0.15) is 43.0 Å². The van der Waals surface area contributed by atoms with Gasteiger partial charge in [-0.05, 0) is 31.9 Å². The van der Waals surface area contributed by atoms with Crippen molar-refractivity contribution < 1.29 is 14.8 Å². The van der Waals surface area contributed by atoms with Crippen LogP contribution in [0, 0.1) is 10.1 Å². The van der Waals surface area contributed by atoms with Crippen LogP contribution in [-0.2, 0) is 0 Å². The normalized spacial score (nSPS) is 16.7. The summed E-state index contributed by atoms with van der Waals surface area (Å²) in [5.74, 6) is -0.337. The molecule has 1 aromatic carbocycles. The van der Waals surface area contributed by atoms with E-state index in [0.717, 1.165) is 25.7 Å². The van der Waals surface area contributed by atoms with Crippen LogP contribution in [0.25, 0.3) is 0 Å². The van der Waals surface area contributed by atoms with Crippen LogP contribution >= 0.6 is 0 Å². The standard InChI is InChI=1S/C15H20N2O4/c1-11(18)13-9-12(5-6-14(13)17(20)21)16(2)10-15(19)7-3-4-8-15/h5-6,9,19H,3-4,7-8,10H2,1-2H3. The number of anilines is 1. The highest BCUT2D eigenvalue weighted by Crippen LogP contribution is 2.32. The molecule has 1 aliphatic rings. The molecule has 6 nitrogen and oxygen atoms in total. The molecule has 0 unspecified atom stereocenters. The Morgan fingerprint density at radius 2 is 2.05 bits per heavy atom. The minimum absolute atomic E-state index is 0.0998. The van der Waals surface area contributed by atoms with E-state index in [1.54, 1.807) is 6.07 Å². The molecule has 1 aromatic rings. The molecule has 0 amide bonds. The van der Waals surface area contributed by atoms with E-state index < -0.39 is 10.5 Å². The van der Waals surface area contributed by atoms with Gasteiger partial charge in [0.2, 0.25) is 0 Å². The van der Waals surface area contributed by atoms with Gasteiger partial charge in [0.05, 0.1) is 16.1 Å². The number of carbonyl (C=O) groups excluding carboxylic acids is 1. The van der Waals surface area contributed by atoms with Crippen molar-refractivity contribution in [2.75, 3.05) is 18.5 Å². The largest absolute Gasteiger partial charge is 0.388 e. The van der Waals surface area contributed by atoms with E-state index in [4.69, 9.17) is 0 Å². The summed E-state index contributed by atoms with van der Waals surface area (Å²) in [4.78, 5) is 23.8. The van der Waals surface area contributed by atoms with Crippen LogP contribution in [0.15, 0.2) is 18.2 Å². The van der Waals surface area contributed by atoms with E-state index in [1.807, 2.05) is 11.9 Å². The van der Waals surface area contributed by atoms with Crippen LogP contribution in [0.5, 0.6) is 0 Å². The van der Waals surface area contributed by atoms with Gasteiger partial charge < -0.3 is 10.0 Å². The molecule has 0 radical (unpaired) electrons. The van der Waals surface area contributed by atoms with Crippen molar-refractivity contribution in [3.8, 4) is 0 Å². The molecule has 1 saturated carbocycles. The fraction of sp³-hybridized carbons (Fsp3) is 0.533. The van der Waals surface area contributed by atoms with Crippen molar-refractivity contribution in [2.24, 2.45) is 0 Å². The number of hydrogen-bond acceptors (Lipinski definition) is 5. The molecule has 1 aliphatic carbocycles. The third kappa shape index (κ3) is 3.39. The Kier molecular flexibility index (Phi) is 4.27. The van der Waals surface area contributed by atoms with E-state index in [-0.39, 0.29) is 17.0 Å². The molecule has 1 fully saturated rings. The zero-order chi connectivity index (χ0) is 15.6. The lowest BCUT2D eigenvalue weighted by molar-refractivity contribution is -0.385. The highest BCUT2D eigenvalue weighted by molar-refractivity contribution is 5.99. The van der Waals surface area contributed by atoms with Crippen molar-refractivity contribution in [3.05, 3.63) is 33.9 Å². The second-order valence-electron chi connectivity index (χ2n) is 5.80. The van der Waals surface area contributed by atoms with Gasteiger partial charge in [-0.25, -0.2) is 0 Å². The van der Waals surface area contributed by atoms with E-state index >= 15 is 0 Å². The van der Waals surface area contributed by atoms with Gasteiger partial charge in [0.15, 0.2) is 5.78 Å². The van der Waals surface area contributed by atoms with Crippen molar-refractivity contribution in [3.63, 3.8) is 0 Å². The zero-order valence-corrected chi connectivity index (χ0v) is 12.3. The molecule has 0 aromatic heterocycles. The van der Waals surface area contributed by atoms with Gasteiger partial charge in [0, 0.05) is 25.3 Å². The van der Waals surface area contributed by atoms with E-state index in [1.165, 1.54) is 19.1 Å². The molecule has 21 heavy (non-hydrogen) atoms. The van der Waals surface area contributed by atoms with Crippen molar-refractivity contribution in [2.45, 2.75) is 38.2 Å². The smallest absolute Gasteiger partial charge is 0.280 e. The fourth-order valence-corrected chi connectivity index (χ4v) is 2.93. The number of benzene rings is 1. The summed E-state index contributed by atoms with van der Waals surface area (Å²) in [5.41, 5.74) is -0.0829. The lowest BCUT2D eigenvalue weighted by Gasteiger charge is -2.30. The van der Waals surface area contributed by atoms with Crippen LogP contribution in [0.4, 0.5) is 11.4 Å². The molecule has 0 spiro atoms. The maximum atomic E-state index is 11.6. The number of aliphatic hydroxyl groups is 1. The summed E-state index contributed by atoms with van der Waals surface area (Å²) < 4.78 is 0. The third-order valence-corrected chi connectivity index (χ3v) is 4.06. The highest BCUT2D eigenvalue weighted by Gasteiger charge is 2.32. The Labute approximate surface area is 123 Å². The number of nitrogens with zero attached hydrogens (tertiary/aromatic N) is 2. The predicted octanol–water partition coefficient (Wildman–Crippen LogP) is 2.54. The summed E-state index contributed by atoms with van der Waals surface area (Å²) in [7, 11) is 1.82. The molecular weight excluding hydrogens is 272 g/mol. The molecule has 0 saturated heterocycles. The number of ketones is 1. The quantitative estimate of drug-likeness (QED) is 0.512. The number of carbonyl (C=O) groups is 1. The predicted molar refractivity (Wildman–Crippen MR) is 79.8 cm³/mol. The van der Waals surface area contributed by atoms with Crippen LogP contribution in [0.3, 0.4) is 0 Å². The van der Waals surface area contributed by atoms with Gasteiger partial charge in [-0.3, -0.25) is 14.9 Å². The Morgan fingerprint density at radius 3 is 2.57 bits per heavy atom. The van der Waals surface area contributed by atoms with Crippen molar-refractivity contribution >= 4 is 17.2 Å². The average Bonchev–Trinajstić information content (AvgIpc) is 2.84. The number of nitro benzene ring substituents is 1.